The molecule has 2 heterocycles. The van der Waals surface area contributed by atoms with Crippen molar-refractivity contribution in [3.05, 3.63) is 71.3 Å². The molecule has 0 N–H and O–H groups in total. The first-order valence-electron chi connectivity index (χ1n) is 10.1. The second-order valence-electron chi connectivity index (χ2n) is 7.43. The van der Waals surface area contributed by atoms with E-state index in [0.717, 1.165) is 0 Å². The Morgan fingerprint density at radius 3 is 2.48 bits per heavy atom. The van der Waals surface area contributed by atoms with Crippen molar-refractivity contribution in [1.29, 1.82) is 0 Å². The van der Waals surface area contributed by atoms with E-state index in [1.807, 2.05) is 25.1 Å². The van der Waals surface area contributed by atoms with Gasteiger partial charge in [0.05, 0.1) is 5.69 Å². The van der Waals surface area contributed by atoms with Crippen LogP contribution in [0, 0.1) is 13.8 Å². The van der Waals surface area contributed by atoms with Crippen molar-refractivity contribution >= 4 is 17.8 Å². The first-order chi connectivity index (χ1) is 14.8. The van der Waals surface area contributed by atoms with E-state index in [0.29, 0.717) is 36.7 Å². The Hall–Kier alpha value is -3.55. The van der Waals surface area contributed by atoms with Gasteiger partial charge in [-0.1, -0.05) is 30.9 Å². The van der Waals surface area contributed by atoms with Gasteiger partial charge in [0.1, 0.15) is 23.7 Å². The van der Waals surface area contributed by atoms with Gasteiger partial charge in [0.25, 0.3) is 11.8 Å². The van der Waals surface area contributed by atoms with Gasteiger partial charge in [0.2, 0.25) is 0 Å². The molecule has 0 spiro atoms. The Morgan fingerprint density at radius 1 is 1.13 bits per heavy atom. The Balaban J connectivity index is 1.81. The number of benzene rings is 1. The molecule has 1 saturated heterocycles. The van der Waals surface area contributed by atoms with Crippen LogP contribution in [0.15, 0.2) is 43.0 Å². The van der Waals surface area contributed by atoms with Crippen LogP contribution in [0.1, 0.15) is 49.6 Å². The Kier molecular flexibility index (Phi) is 6.79. The van der Waals surface area contributed by atoms with E-state index in [4.69, 9.17) is 4.74 Å². The molecule has 1 fully saturated rings. The Morgan fingerprint density at radius 2 is 1.84 bits per heavy atom. The zero-order valence-corrected chi connectivity index (χ0v) is 18.0. The number of aryl methyl sites for hydroxylation is 2. The highest BCUT2D eigenvalue weighted by molar-refractivity contribution is 6.04. The number of aromatic nitrogens is 2. The van der Waals surface area contributed by atoms with Crippen LogP contribution in [0.4, 0.5) is 0 Å². The normalized spacial score (nSPS) is 16.0. The summed E-state index contributed by atoms with van der Waals surface area (Å²) in [5.74, 6) is -0.709. The van der Waals surface area contributed by atoms with Gasteiger partial charge in [-0.2, -0.15) is 0 Å². The van der Waals surface area contributed by atoms with Gasteiger partial charge in [-0.15, -0.1) is 0 Å². The number of amides is 2. The molecule has 2 amide bonds. The molecule has 1 aliphatic rings. The highest BCUT2D eigenvalue weighted by Crippen LogP contribution is 2.19. The maximum Gasteiger partial charge on any atom is 0.342 e. The molecule has 1 atom stereocenters. The SMILES string of the molecule is C=CCOC(=O)c1c(C)nc(C)nc1C(=O)N1CCN(C(=O)c2ccccc2)[C@@H](C)C1. The van der Waals surface area contributed by atoms with Gasteiger partial charge in [-0.05, 0) is 32.9 Å². The average Bonchev–Trinajstić information content (AvgIpc) is 2.76. The molecule has 0 radical (unpaired) electrons. The Labute approximate surface area is 181 Å². The maximum absolute atomic E-state index is 13.3. The summed E-state index contributed by atoms with van der Waals surface area (Å²) in [6.45, 7) is 9.83. The van der Waals surface area contributed by atoms with Gasteiger partial charge >= 0.3 is 5.97 Å². The maximum atomic E-state index is 13.3. The third kappa shape index (κ3) is 4.79. The van der Waals surface area contributed by atoms with Crippen molar-refractivity contribution in [2.45, 2.75) is 26.8 Å². The minimum Gasteiger partial charge on any atom is -0.458 e. The number of hydrogen-bond acceptors (Lipinski definition) is 6. The molecule has 3 rings (SSSR count). The lowest BCUT2D eigenvalue weighted by Crippen LogP contribution is -2.55. The monoisotopic (exact) mass is 422 g/mol. The number of piperazine rings is 1. The molecule has 0 saturated carbocycles. The van der Waals surface area contributed by atoms with E-state index in [-0.39, 0.29) is 35.7 Å². The second-order valence-corrected chi connectivity index (χ2v) is 7.43. The molecule has 8 nitrogen and oxygen atoms in total. The van der Waals surface area contributed by atoms with Gasteiger partial charge in [0.15, 0.2) is 0 Å². The minimum absolute atomic E-state index is 0.0223. The van der Waals surface area contributed by atoms with E-state index < -0.39 is 5.97 Å². The number of carbonyl (C=O) groups is 3. The smallest absolute Gasteiger partial charge is 0.342 e. The van der Waals surface area contributed by atoms with Gasteiger partial charge in [0, 0.05) is 31.2 Å². The van der Waals surface area contributed by atoms with Crippen LogP contribution >= 0.6 is 0 Å². The molecular formula is C23H26N4O4. The van der Waals surface area contributed by atoms with Crippen LogP contribution in [0.2, 0.25) is 0 Å². The van der Waals surface area contributed by atoms with E-state index in [1.165, 1.54) is 6.08 Å². The van der Waals surface area contributed by atoms with E-state index >= 15 is 0 Å². The summed E-state index contributed by atoms with van der Waals surface area (Å²) >= 11 is 0. The summed E-state index contributed by atoms with van der Waals surface area (Å²) < 4.78 is 5.13. The van der Waals surface area contributed by atoms with Crippen LogP contribution in [0.25, 0.3) is 0 Å². The zero-order valence-electron chi connectivity index (χ0n) is 18.0. The number of carbonyl (C=O) groups excluding carboxylic acids is 3. The molecule has 1 aromatic heterocycles. The summed E-state index contributed by atoms with van der Waals surface area (Å²) in [7, 11) is 0. The summed E-state index contributed by atoms with van der Waals surface area (Å²) in [4.78, 5) is 50.5. The molecule has 0 unspecified atom stereocenters. The highest BCUT2D eigenvalue weighted by atomic mass is 16.5. The zero-order chi connectivity index (χ0) is 22.5. The highest BCUT2D eigenvalue weighted by Gasteiger charge is 2.33. The molecule has 1 aliphatic heterocycles. The van der Waals surface area contributed by atoms with Crippen molar-refractivity contribution in [3.8, 4) is 0 Å². The van der Waals surface area contributed by atoms with Gasteiger partial charge in [-0.3, -0.25) is 9.59 Å². The summed E-state index contributed by atoms with van der Waals surface area (Å²) in [5, 5.41) is 0. The first kappa shape index (κ1) is 22.1. The van der Waals surface area contributed by atoms with Crippen LogP contribution < -0.4 is 0 Å². The lowest BCUT2D eigenvalue weighted by molar-refractivity contribution is 0.0406. The van der Waals surface area contributed by atoms with Crippen LogP contribution in [-0.2, 0) is 4.74 Å². The van der Waals surface area contributed by atoms with Crippen molar-refractivity contribution < 1.29 is 19.1 Å². The number of nitrogens with zero attached hydrogens (tertiary/aromatic N) is 4. The van der Waals surface area contributed by atoms with Crippen molar-refractivity contribution in [2.24, 2.45) is 0 Å². The first-order valence-corrected chi connectivity index (χ1v) is 10.1. The number of ether oxygens (including phenoxy) is 1. The number of rotatable bonds is 5. The summed E-state index contributed by atoms with van der Waals surface area (Å²) in [5.41, 5.74) is 1.08. The number of hydrogen-bond donors (Lipinski definition) is 0. The lowest BCUT2D eigenvalue weighted by Gasteiger charge is -2.40. The van der Waals surface area contributed by atoms with Crippen LogP contribution in [0.5, 0.6) is 0 Å². The molecule has 31 heavy (non-hydrogen) atoms. The summed E-state index contributed by atoms with van der Waals surface area (Å²) in [6.07, 6.45) is 1.45. The molecule has 0 aliphatic carbocycles. The fourth-order valence-electron chi connectivity index (χ4n) is 3.66. The van der Waals surface area contributed by atoms with E-state index in [1.54, 1.807) is 35.8 Å². The second kappa shape index (κ2) is 9.51. The third-order valence-electron chi connectivity index (χ3n) is 5.14. The van der Waals surface area contributed by atoms with Crippen molar-refractivity contribution in [3.63, 3.8) is 0 Å². The number of esters is 1. The molecule has 2 aromatic rings. The quantitative estimate of drug-likeness (QED) is 0.543. The molecule has 162 valence electrons. The van der Waals surface area contributed by atoms with E-state index in [9.17, 15) is 14.4 Å². The van der Waals surface area contributed by atoms with Crippen LogP contribution in [0.3, 0.4) is 0 Å². The predicted molar refractivity (Wildman–Crippen MR) is 115 cm³/mol. The largest absolute Gasteiger partial charge is 0.458 e. The molecule has 0 bridgehead atoms. The van der Waals surface area contributed by atoms with Crippen LogP contribution in [-0.4, -0.2) is 69.8 Å². The molecule has 8 heteroatoms. The van der Waals surface area contributed by atoms with Gasteiger partial charge < -0.3 is 14.5 Å². The van der Waals surface area contributed by atoms with Gasteiger partial charge in [-0.25, -0.2) is 14.8 Å². The van der Waals surface area contributed by atoms with Crippen molar-refractivity contribution in [1.82, 2.24) is 19.8 Å². The molecular weight excluding hydrogens is 396 g/mol. The topological polar surface area (TPSA) is 92.7 Å². The standard InChI is InChI=1S/C23H26N4O4/c1-5-13-31-23(30)19-16(3)24-17(4)25-20(19)22(29)26-11-12-27(15(2)14-26)21(28)18-9-7-6-8-10-18/h5-10,15H,1,11-14H2,2-4H3/t15-/m0/s1. The minimum atomic E-state index is -0.660. The molecule has 1 aromatic carbocycles. The third-order valence-corrected chi connectivity index (χ3v) is 5.14. The van der Waals surface area contributed by atoms with Crippen molar-refractivity contribution in [2.75, 3.05) is 26.2 Å². The fourth-order valence-corrected chi connectivity index (χ4v) is 3.66. The Bertz CT molecular complexity index is 1010. The predicted octanol–water partition coefficient (Wildman–Crippen LogP) is 2.42. The van der Waals surface area contributed by atoms with E-state index in [2.05, 4.69) is 16.5 Å². The summed E-state index contributed by atoms with van der Waals surface area (Å²) in [6, 6.07) is 8.88. The lowest BCUT2D eigenvalue weighted by atomic mass is 10.1. The average molecular weight is 422 g/mol. The fraction of sp³-hybridized carbons (Fsp3) is 0.348.